The molecule has 0 nitrogen and oxygen atoms in total. The van der Waals surface area contributed by atoms with E-state index < -0.39 is 10.8 Å². The van der Waals surface area contributed by atoms with Crippen LogP contribution in [-0.4, -0.2) is 0 Å². The topological polar surface area (TPSA) is 0 Å². The summed E-state index contributed by atoms with van der Waals surface area (Å²) < 4.78 is 0. The summed E-state index contributed by atoms with van der Waals surface area (Å²) >= 11 is 16.8. The number of benzene rings is 9. The highest BCUT2D eigenvalue weighted by molar-refractivity contribution is 6.46. The van der Waals surface area contributed by atoms with Crippen LogP contribution in [0, 0.1) is 0 Å². The molecule has 0 aromatic heterocycles. The smallest absolute Gasteiger partial charge is 0.0648 e. The quantitative estimate of drug-likeness (QED) is 0.143. The van der Waals surface area contributed by atoms with E-state index in [1.807, 2.05) is 0 Å². The minimum absolute atomic E-state index is 0.721. The van der Waals surface area contributed by atoms with E-state index in [1.54, 1.807) is 0 Å². The number of halogens is 2. The molecule has 0 N–H and O–H groups in total. The Balaban J connectivity index is 1.40. The molecule has 294 valence electrons. The van der Waals surface area contributed by atoms with Crippen molar-refractivity contribution in [1.29, 1.82) is 0 Å². The van der Waals surface area contributed by atoms with Crippen molar-refractivity contribution in [2.24, 2.45) is 0 Å². The van der Waals surface area contributed by atoms with E-state index in [-0.39, 0.29) is 0 Å². The number of hydrogen-bond acceptors (Lipinski definition) is 0. The average Bonchev–Trinajstić information content (AvgIpc) is 3.33. The van der Waals surface area contributed by atoms with Crippen LogP contribution >= 0.6 is 23.2 Å². The summed E-state index contributed by atoms with van der Waals surface area (Å²) in [5, 5.41) is 1.44. The van der Waals surface area contributed by atoms with E-state index in [9.17, 15) is 0 Å². The second kappa shape index (κ2) is 15.5. The van der Waals surface area contributed by atoms with Crippen molar-refractivity contribution in [3.63, 3.8) is 0 Å². The van der Waals surface area contributed by atoms with Crippen molar-refractivity contribution in [2.45, 2.75) is 10.8 Å². The molecule has 11 rings (SSSR count). The molecular formula is C60H40Cl2. The molecule has 0 fully saturated rings. The first kappa shape index (κ1) is 38.0. The maximum Gasteiger partial charge on any atom is 0.0648 e. The molecule has 0 bridgehead atoms. The first-order chi connectivity index (χ1) is 30.7. The zero-order valence-corrected chi connectivity index (χ0v) is 35.4. The zero-order valence-electron chi connectivity index (χ0n) is 33.8. The lowest BCUT2D eigenvalue weighted by molar-refractivity contribution is 0.352. The molecule has 2 heteroatoms. The molecule has 9 aromatic rings. The van der Waals surface area contributed by atoms with Crippen LogP contribution in [0.1, 0.15) is 66.8 Å². The van der Waals surface area contributed by atoms with Gasteiger partial charge in [0, 0.05) is 22.3 Å². The minimum atomic E-state index is -0.796. The van der Waals surface area contributed by atoms with E-state index in [1.165, 1.54) is 0 Å². The van der Waals surface area contributed by atoms with E-state index in [0.717, 1.165) is 99.1 Å². The lowest BCUT2D eigenvalue weighted by Crippen LogP contribution is -2.62. The van der Waals surface area contributed by atoms with Crippen molar-refractivity contribution >= 4 is 45.5 Å². The predicted molar refractivity (Wildman–Crippen MR) is 260 cm³/mol. The predicted octanol–water partition coefficient (Wildman–Crippen LogP) is 15.6. The third-order valence-electron chi connectivity index (χ3n) is 13.0. The van der Waals surface area contributed by atoms with Crippen molar-refractivity contribution in [1.82, 2.24) is 0 Å². The normalized spacial score (nSPS) is 14.2. The van der Waals surface area contributed by atoms with Gasteiger partial charge in [-0.2, -0.15) is 0 Å². The molecule has 0 heterocycles. The van der Waals surface area contributed by atoms with Crippen LogP contribution in [0.4, 0.5) is 0 Å². The first-order valence-corrected chi connectivity index (χ1v) is 21.9. The molecule has 0 radical (unpaired) electrons. The highest BCUT2D eigenvalue weighted by Gasteiger charge is 2.69. The number of rotatable bonds is 8. The largest absolute Gasteiger partial charge is 0.0833 e. The summed E-state index contributed by atoms with van der Waals surface area (Å²) in [7, 11) is 0. The molecular weight excluding hydrogens is 792 g/mol. The number of allylic oxidation sites excluding steroid dienone is 2. The lowest BCUT2D eigenvalue weighted by Gasteiger charge is -2.63. The van der Waals surface area contributed by atoms with Crippen LogP contribution in [0.2, 0.25) is 10.0 Å². The molecule has 0 aliphatic heterocycles. The average molecular weight is 832 g/mol. The monoisotopic (exact) mass is 830 g/mol. The maximum atomic E-state index is 8.41. The Labute approximate surface area is 373 Å². The summed E-state index contributed by atoms with van der Waals surface area (Å²) in [6.07, 6.45) is 0. The molecule has 0 saturated carbocycles. The van der Waals surface area contributed by atoms with Gasteiger partial charge in [0.1, 0.15) is 0 Å². The fourth-order valence-corrected chi connectivity index (χ4v) is 11.6. The summed E-state index contributed by atoms with van der Waals surface area (Å²) in [5.74, 6) is 0. The van der Waals surface area contributed by atoms with Crippen LogP contribution in [0.5, 0.6) is 0 Å². The molecule has 0 amide bonds. The summed E-state index contributed by atoms with van der Waals surface area (Å²) in [6.45, 7) is 0. The van der Waals surface area contributed by atoms with Crippen molar-refractivity contribution in [2.75, 3.05) is 0 Å². The summed E-state index contributed by atoms with van der Waals surface area (Å²) in [4.78, 5) is 0. The molecule has 0 unspecified atom stereocenters. The minimum Gasteiger partial charge on any atom is -0.0833 e. The molecule has 0 atom stereocenters. The van der Waals surface area contributed by atoms with Gasteiger partial charge in [-0.15, -0.1) is 0 Å². The maximum absolute atomic E-state index is 8.41. The SMILES string of the molecule is Clc1c2c(c(Cl)c3c1C(c1ccccc1)(c1ccccc1)C3(c1ccccc1)c1ccccc1)C(=C(c1ccccc1)c1ccccc1)C2=C(c1ccccc1)c1ccccc1. The highest BCUT2D eigenvalue weighted by Crippen LogP contribution is 2.75. The second-order valence-corrected chi connectivity index (χ2v) is 16.8. The van der Waals surface area contributed by atoms with Crippen molar-refractivity contribution in [3.8, 4) is 0 Å². The van der Waals surface area contributed by atoms with Gasteiger partial charge in [-0.1, -0.05) is 266 Å². The number of hydrogen-bond donors (Lipinski definition) is 0. The van der Waals surface area contributed by atoms with Gasteiger partial charge < -0.3 is 0 Å². The van der Waals surface area contributed by atoms with Crippen LogP contribution in [0.3, 0.4) is 0 Å². The van der Waals surface area contributed by atoms with E-state index >= 15 is 0 Å². The molecule has 2 aliphatic rings. The van der Waals surface area contributed by atoms with Crippen molar-refractivity contribution in [3.05, 3.63) is 319 Å². The van der Waals surface area contributed by atoms with Gasteiger partial charge in [-0.25, -0.2) is 0 Å². The Morgan fingerprint density at radius 2 is 0.452 bits per heavy atom. The van der Waals surface area contributed by atoms with Crippen LogP contribution in [0.25, 0.3) is 22.3 Å². The zero-order chi connectivity index (χ0) is 41.7. The molecule has 0 saturated heterocycles. The Hall–Kier alpha value is -6.96. The van der Waals surface area contributed by atoms with Crippen LogP contribution in [-0.2, 0) is 10.8 Å². The fraction of sp³-hybridized carbons (Fsp3) is 0.0333. The molecule has 0 spiro atoms. The second-order valence-electron chi connectivity index (χ2n) is 16.1. The third-order valence-corrected chi connectivity index (χ3v) is 13.8. The van der Waals surface area contributed by atoms with Gasteiger partial charge in [-0.3, -0.25) is 0 Å². The van der Waals surface area contributed by atoms with Crippen LogP contribution < -0.4 is 0 Å². The van der Waals surface area contributed by atoms with Crippen molar-refractivity contribution < 1.29 is 0 Å². The fourth-order valence-electron chi connectivity index (χ4n) is 10.7. The van der Waals surface area contributed by atoms with Gasteiger partial charge in [0.2, 0.25) is 0 Å². The molecule has 2 aliphatic carbocycles. The van der Waals surface area contributed by atoms with Gasteiger partial charge in [-0.05, 0) is 66.8 Å². The standard InChI is InChI=1S/C60H40Cl2/c61-57-53-51(49(41-25-9-1-10-26-41)42-27-11-2-12-28-42)52(50(43-29-13-3-14-30-43)44-31-15-4-16-32-44)54(53)58(62)56-55(57)59(45-33-17-5-18-34-45,46-35-19-6-20-36-46)60(56,47-37-21-7-22-38-47)48-39-23-8-24-40-48/h1-40H. The molecule has 9 aromatic carbocycles. The van der Waals surface area contributed by atoms with Gasteiger partial charge in [0.25, 0.3) is 0 Å². The Morgan fingerprint density at radius 1 is 0.258 bits per heavy atom. The molecule has 62 heavy (non-hydrogen) atoms. The van der Waals surface area contributed by atoms with Crippen LogP contribution in [0.15, 0.2) is 243 Å². The Bertz CT molecular complexity index is 2740. The summed E-state index contributed by atoms with van der Waals surface area (Å²) in [5.41, 5.74) is 15.8. The van der Waals surface area contributed by atoms with Gasteiger partial charge in [0.05, 0.1) is 20.9 Å². The highest BCUT2D eigenvalue weighted by atomic mass is 35.5. The Morgan fingerprint density at radius 3 is 0.661 bits per heavy atom. The van der Waals surface area contributed by atoms with Gasteiger partial charge >= 0.3 is 0 Å². The number of fused-ring (bicyclic) bond motifs is 2. The van der Waals surface area contributed by atoms with E-state index in [0.29, 0.717) is 0 Å². The van der Waals surface area contributed by atoms with E-state index in [4.69, 9.17) is 23.2 Å². The lowest BCUT2D eigenvalue weighted by atomic mass is 9.37. The first-order valence-electron chi connectivity index (χ1n) is 21.2. The Kier molecular flexibility index (Phi) is 9.50. The van der Waals surface area contributed by atoms with E-state index in [2.05, 4.69) is 243 Å². The van der Waals surface area contributed by atoms with Gasteiger partial charge in [0.15, 0.2) is 0 Å². The third kappa shape index (κ3) is 5.47. The summed E-state index contributed by atoms with van der Waals surface area (Å²) in [6, 6.07) is 86.7.